The summed E-state index contributed by atoms with van der Waals surface area (Å²) >= 11 is 4.89. The number of aryl methyl sites for hydroxylation is 2. The molecule has 26 heavy (non-hydrogen) atoms. The Labute approximate surface area is 164 Å². The molecule has 2 N–H and O–H groups in total. The molecule has 1 atom stereocenters. The number of hydrogen-bond donors (Lipinski definition) is 1. The maximum Gasteiger partial charge on any atom is 0.209 e. The van der Waals surface area contributed by atoms with Gasteiger partial charge in [-0.1, -0.05) is 23.1 Å². The van der Waals surface area contributed by atoms with Gasteiger partial charge in [0, 0.05) is 18.0 Å². The highest BCUT2D eigenvalue weighted by Crippen LogP contribution is 2.39. The van der Waals surface area contributed by atoms with E-state index >= 15 is 0 Å². The Morgan fingerprint density at radius 1 is 1.15 bits per heavy atom. The molecule has 0 spiro atoms. The highest BCUT2D eigenvalue weighted by Gasteiger charge is 2.20. The molecule has 1 saturated heterocycles. The third kappa shape index (κ3) is 3.38. The number of ether oxygens (including phenoxy) is 1. The number of aromatic nitrogens is 4. The van der Waals surface area contributed by atoms with Crippen LogP contribution in [0.5, 0.6) is 0 Å². The van der Waals surface area contributed by atoms with Gasteiger partial charge in [0.1, 0.15) is 16.5 Å². The lowest BCUT2D eigenvalue weighted by atomic mass is 10.2. The first kappa shape index (κ1) is 17.9. The zero-order chi connectivity index (χ0) is 18.3. The predicted molar refractivity (Wildman–Crippen MR) is 109 cm³/mol. The van der Waals surface area contributed by atoms with E-state index in [1.807, 2.05) is 0 Å². The molecule has 4 heterocycles. The lowest BCUT2D eigenvalue weighted by Gasteiger charge is -2.25. The first-order valence-corrected chi connectivity index (χ1v) is 10.9. The molecule has 0 saturated carbocycles. The van der Waals surface area contributed by atoms with Crippen molar-refractivity contribution < 1.29 is 4.74 Å². The van der Waals surface area contributed by atoms with Crippen LogP contribution in [0.15, 0.2) is 4.34 Å². The van der Waals surface area contributed by atoms with Gasteiger partial charge in [-0.15, -0.1) is 21.5 Å². The van der Waals surface area contributed by atoms with Crippen LogP contribution < -0.4 is 10.6 Å². The number of thiophene rings is 1. The fourth-order valence-corrected chi connectivity index (χ4v) is 5.94. The largest absolute Gasteiger partial charge is 0.383 e. The second kappa shape index (κ2) is 7.26. The van der Waals surface area contributed by atoms with Gasteiger partial charge in [0.25, 0.3) is 0 Å². The van der Waals surface area contributed by atoms with Crippen LogP contribution in [0.4, 0.5) is 10.9 Å². The van der Waals surface area contributed by atoms with Crippen LogP contribution >= 0.6 is 34.4 Å². The summed E-state index contributed by atoms with van der Waals surface area (Å²) in [5, 5.41) is 10.6. The number of morpholine rings is 1. The highest BCUT2D eigenvalue weighted by atomic mass is 32.2. The van der Waals surface area contributed by atoms with Gasteiger partial charge in [0.2, 0.25) is 5.13 Å². The zero-order valence-electron chi connectivity index (χ0n) is 14.9. The summed E-state index contributed by atoms with van der Waals surface area (Å²) in [5.74, 6) is 1.30. The number of rotatable bonds is 4. The van der Waals surface area contributed by atoms with E-state index in [2.05, 4.69) is 40.9 Å². The molecule has 3 aromatic rings. The Kier molecular flexibility index (Phi) is 5.00. The van der Waals surface area contributed by atoms with Crippen LogP contribution in [0.1, 0.15) is 28.4 Å². The van der Waals surface area contributed by atoms with Gasteiger partial charge < -0.3 is 15.4 Å². The van der Waals surface area contributed by atoms with E-state index in [4.69, 9.17) is 15.5 Å². The van der Waals surface area contributed by atoms with Crippen molar-refractivity contribution in [2.24, 2.45) is 0 Å². The Balaban J connectivity index is 1.54. The SMILES string of the molecule is Cc1sc2nc(C(C)Sc3nnc(N4CCOCC4)s3)nc(N)c2c1C. The van der Waals surface area contributed by atoms with Crippen LogP contribution in [-0.4, -0.2) is 46.5 Å². The molecule has 1 aliphatic heterocycles. The first-order valence-electron chi connectivity index (χ1n) is 8.39. The Hall–Kier alpha value is -1.49. The summed E-state index contributed by atoms with van der Waals surface area (Å²) in [7, 11) is 0. The summed E-state index contributed by atoms with van der Waals surface area (Å²) in [6.45, 7) is 9.45. The maximum absolute atomic E-state index is 6.21. The minimum Gasteiger partial charge on any atom is -0.383 e. The number of nitrogens with zero attached hydrogens (tertiary/aromatic N) is 5. The van der Waals surface area contributed by atoms with Crippen LogP contribution in [0.3, 0.4) is 0 Å². The number of thioether (sulfide) groups is 1. The van der Waals surface area contributed by atoms with Crippen molar-refractivity contribution in [3.05, 3.63) is 16.3 Å². The van der Waals surface area contributed by atoms with Gasteiger partial charge >= 0.3 is 0 Å². The topological polar surface area (TPSA) is 90.0 Å². The molecule has 4 rings (SSSR count). The highest BCUT2D eigenvalue weighted by molar-refractivity contribution is 8.01. The average Bonchev–Trinajstić information content (AvgIpc) is 3.21. The van der Waals surface area contributed by atoms with Crippen molar-refractivity contribution in [2.75, 3.05) is 36.9 Å². The lowest BCUT2D eigenvalue weighted by molar-refractivity contribution is 0.122. The molecule has 1 fully saturated rings. The molecule has 7 nitrogen and oxygen atoms in total. The van der Waals surface area contributed by atoms with Crippen molar-refractivity contribution >= 4 is 55.6 Å². The van der Waals surface area contributed by atoms with Gasteiger partial charge in [-0.05, 0) is 26.3 Å². The first-order chi connectivity index (χ1) is 12.5. The fraction of sp³-hybridized carbons (Fsp3) is 0.500. The molecule has 1 unspecified atom stereocenters. The lowest BCUT2D eigenvalue weighted by Crippen LogP contribution is -2.36. The number of nitrogens with two attached hydrogens (primary N) is 1. The van der Waals surface area contributed by atoms with Crippen molar-refractivity contribution in [1.82, 2.24) is 20.2 Å². The van der Waals surface area contributed by atoms with E-state index in [0.717, 1.165) is 51.8 Å². The Bertz CT molecular complexity index is 934. The second-order valence-electron chi connectivity index (χ2n) is 6.14. The quantitative estimate of drug-likeness (QED) is 0.657. The molecule has 0 amide bonds. The van der Waals surface area contributed by atoms with Gasteiger partial charge in [0.05, 0.1) is 23.8 Å². The van der Waals surface area contributed by atoms with Crippen LogP contribution in [0.2, 0.25) is 0 Å². The van der Waals surface area contributed by atoms with Gasteiger partial charge in [-0.3, -0.25) is 0 Å². The Morgan fingerprint density at radius 3 is 2.69 bits per heavy atom. The third-order valence-electron chi connectivity index (χ3n) is 4.39. The van der Waals surface area contributed by atoms with Gasteiger partial charge in [0.15, 0.2) is 4.34 Å². The number of fused-ring (bicyclic) bond motifs is 1. The third-order valence-corrected chi connectivity index (χ3v) is 7.66. The summed E-state index contributed by atoms with van der Waals surface area (Å²) in [6.07, 6.45) is 0. The van der Waals surface area contributed by atoms with E-state index in [9.17, 15) is 0 Å². The van der Waals surface area contributed by atoms with Gasteiger partial charge in [-0.25, -0.2) is 9.97 Å². The number of anilines is 2. The monoisotopic (exact) mass is 408 g/mol. The number of hydrogen-bond acceptors (Lipinski definition) is 10. The average molecular weight is 409 g/mol. The standard InChI is InChI=1S/C16H20N6OS3/c1-8-9(2)24-14-11(8)12(17)18-13(19-14)10(3)25-16-21-20-15(26-16)22-4-6-23-7-5-22/h10H,4-7H2,1-3H3,(H2,17,18,19). The van der Waals surface area contributed by atoms with E-state index < -0.39 is 0 Å². The second-order valence-corrected chi connectivity index (χ2v) is 9.89. The van der Waals surface area contributed by atoms with Crippen molar-refractivity contribution in [2.45, 2.75) is 30.4 Å². The molecule has 3 aromatic heterocycles. The molecule has 1 aliphatic rings. The molecule has 0 aromatic carbocycles. The minimum atomic E-state index is 0.0508. The molecule has 0 aliphatic carbocycles. The molecule has 0 bridgehead atoms. The minimum absolute atomic E-state index is 0.0508. The normalized spacial score (nSPS) is 16.3. The molecule has 10 heteroatoms. The van der Waals surface area contributed by atoms with Crippen LogP contribution in [0, 0.1) is 13.8 Å². The smallest absolute Gasteiger partial charge is 0.209 e. The zero-order valence-corrected chi connectivity index (χ0v) is 17.3. The predicted octanol–water partition coefficient (Wildman–Crippen LogP) is 3.43. The maximum atomic E-state index is 6.21. The van der Waals surface area contributed by atoms with E-state index in [0.29, 0.717) is 5.82 Å². The summed E-state index contributed by atoms with van der Waals surface area (Å²) in [5.41, 5.74) is 7.38. The Morgan fingerprint density at radius 2 is 1.92 bits per heavy atom. The van der Waals surface area contributed by atoms with Gasteiger partial charge in [-0.2, -0.15) is 0 Å². The number of nitrogen functional groups attached to an aromatic ring is 1. The summed E-state index contributed by atoms with van der Waals surface area (Å²) in [4.78, 5) is 13.7. The van der Waals surface area contributed by atoms with Crippen molar-refractivity contribution in [3.8, 4) is 0 Å². The fourth-order valence-electron chi connectivity index (χ4n) is 2.82. The molecular formula is C16H20N6OS3. The molecule has 138 valence electrons. The van der Waals surface area contributed by atoms with E-state index in [1.54, 1.807) is 34.4 Å². The van der Waals surface area contributed by atoms with Crippen molar-refractivity contribution in [1.29, 1.82) is 0 Å². The summed E-state index contributed by atoms with van der Waals surface area (Å²) < 4.78 is 6.31. The van der Waals surface area contributed by atoms with Crippen molar-refractivity contribution in [3.63, 3.8) is 0 Å². The molecule has 0 radical (unpaired) electrons. The molecular weight excluding hydrogens is 388 g/mol. The van der Waals surface area contributed by atoms with Crippen LogP contribution in [0.25, 0.3) is 10.2 Å². The van der Waals surface area contributed by atoms with Crippen LogP contribution in [-0.2, 0) is 4.74 Å². The van der Waals surface area contributed by atoms with E-state index in [-0.39, 0.29) is 5.25 Å². The van der Waals surface area contributed by atoms with E-state index in [1.165, 1.54) is 10.4 Å². The summed E-state index contributed by atoms with van der Waals surface area (Å²) in [6, 6.07) is 0.